The Hall–Kier alpha value is -16.9. The summed E-state index contributed by atoms with van der Waals surface area (Å²) in [6.45, 7) is 8.75. The van der Waals surface area contributed by atoms with Gasteiger partial charge >= 0.3 is 24.1 Å². The number of carbonyl (C=O) groups is 6. The highest BCUT2D eigenvalue weighted by Gasteiger charge is 2.35. The van der Waals surface area contributed by atoms with Crippen molar-refractivity contribution in [1.29, 1.82) is 0 Å². The predicted molar refractivity (Wildman–Crippen MR) is 567 cm³/mol. The number of carbonyl (C=O) groups excluding carboxylic acids is 6. The van der Waals surface area contributed by atoms with Crippen LogP contribution in [0.15, 0.2) is 328 Å². The zero-order chi connectivity index (χ0) is 104. The Morgan fingerprint density at radius 1 is 0.280 bits per heavy atom. The molecular weight excluding hydrogens is 1910 g/mol. The highest BCUT2D eigenvalue weighted by molar-refractivity contribution is 6.21. The molecule has 1 aliphatic rings. The summed E-state index contributed by atoms with van der Waals surface area (Å²) >= 11 is 0. The Morgan fingerprint density at radius 2 is 0.533 bits per heavy atom. The van der Waals surface area contributed by atoms with Gasteiger partial charge in [0.2, 0.25) is 0 Å². The molecule has 15 aromatic rings. The first-order valence-corrected chi connectivity index (χ1v) is 49.9. The first-order chi connectivity index (χ1) is 73.2. The second-order valence-corrected chi connectivity index (χ2v) is 36.1. The molecule has 16 rings (SSSR count). The summed E-state index contributed by atoms with van der Waals surface area (Å²) < 4.78 is 66.4. The second kappa shape index (κ2) is 56.7. The molecule has 0 fully saturated rings. The van der Waals surface area contributed by atoms with E-state index < -0.39 is 12.1 Å². The minimum atomic E-state index is -0.411. The monoisotopic (exact) mass is 2020 g/mol. The number of imide groups is 1. The Morgan fingerprint density at radius 3 is 0.793 bits per heavy atom. The number of pyridine rings is 8. The van der Waals surface area contributed by atoms with Gasteiger partial charge in [0.15, 0.2) is 0 Å². The Bertz CT molecular complexity index is 6480. The standard InChI is InChI=1S/C62H61F2N11O5.C54H59F2N11O3/c63-48-23-19-44(20-24-48)27-31-67-61(78)71-57-17-9-13-52(69-57)42-73(40-50-11-3-5-29-65-50)38-46-35-47(37-54(36-46)80-34-8-7-33-75-59(76)55-15-1-2-16-56(55)60(75)77)39-74(41-51-12-4-6-30-66-51)43-53-14-10-18-58(70-53)72-62(79)68-32-28-45-21-25-49(64)26-22-45;55-44-19-15-40(16-20-44)23-28-60-53(68)64-51-13-7-11-48(62-51)38-66(36-46-9-1-4-26-58-46)34-42-31-43(33-50(32-42)70-30-6-3-25-57)35-67(37-47-10-2-5-27-59-47)39-49-12-8-14-52(63-49)65-54(69)61-29-24-41-17-21-45(56)22-18-41/h1-6,9-26,29-30,35-37H,7-8,27-28,31-34,38-43H2,(H2,67,69,71,78)(H2,68,70,72,79);1-2,4-5,7-22,26-27,31-33H,3,6,23-25,28-30,34-39,57H2,(H2,60,62,64,68)(H2,61,63,65,69). The van der Waals surface area contributed by atoms with Crippen LogP contribution in [0.25, 0.3) is 0 Å². The van der Waals surface area contributed by atoms with Gasteiger partial charge in [-0.3, -0.25) is 75.3 Å². The largest absolute Gasteiger partial charge is 0.494 e. The summed E-state index contributed by atoms with van der Waals surface area (Å²) in [5.41, 5.74) is 20.6. The van der Waals surface area contributed by atoms with Crippen LogP contribution in [-0.4, -0.2) is 153 Å². The Balaban J connectivity index is 0.000000226. The number of unbranched alkanes of at least 4 members (excludes halogenated alkanes) is 2. The number of aromatic nitrogens is 8. The summed E-state index contributed by atoms with van der Waals surface area (Å²) in [6, 6.07) is 87.9. The molecule has 0 radical (unpaired) electrons. The number of nitrogens with zero attached hydrogens (tertiary/aromatic N) is 13. The minimum absolute atomic E-state index is 0.270. The van der Waals surface area contributed by atoms with Gasteiger partial charge in [-0.05, 0) is 284 Å². The zero-order valence-corrected chi connectivity index (χ0v) is 83.1. The van der Waals surface area contributed by atoms with E-state index in [0.717, 1.165) is 97.3 Å². The second-order valence-electron chi connectivity index (χ2n) is 36.1. The summed E-state index contributed by atoms with van der Waals surface area (Å²) in [5.74, 6) is 1.16. The van der Waals surface area contributed by atoms with Crippen LogP contribution in [0, 0.1) is 23.3 Å². The van der Waals surface area contributed by atoms with Crippen molar-refractivity contribution < 1.29 is 55.8 Å². The maximum absolute atomic E-state index is 13.4. The van der Waals surface area contributed by atoms with Gasteiger partial charge in [-0.15, -0.1) is 0 Å². The quantitative estimate of drug-likeness (QED) is 0.00971. The van der Waals surface area contributed by atoms with Gasteiger partial charge in [-0.1, -0.05) is 121 Å². The van der Waals surface area contributed by atoms with Crippen LogP contribution < -0.4 is 57.7 Å². The maximum Gasteiger partial charge on any atom is 0.320 e. The molecule has 0 spiro atoms. The number of urea groups is 4. The Labute approximate surface area is 869 Å². The third kappa shape index (κ3) is 36.0. The number of rotatable bonds is 51. The van der Waals surface area contributed by atoms with Crippen molar-refractivity contribution in [2.45, 2.75) is 130 Å². The number of amides is 10. The molecule has 1 aliphatic heterocycles. The van der Waals surface area contributed by atoms with Crippen molar-refractivity contribution >= 4 is 59.2 Å². The summed E-state index contributed by atoms with van der Waals surface area (Å²) in [7, 11) is 0. The van der Waals surface area contributed by atoms with Gasteiger partial charge in [-0.25, -0.2) is 56.7 Å². The summed E-state index contributed by atoms with van der Waals surface area (Å²) in [6.07, 6.45) is 12.1. The van der Waals surface area contributed by atoms with E-state index in [0.29, 0.717) is 215 Å². The van der Waals surface area contributed by atoms with E-state index in [9.17, 15) is 46.3 Å². The molecule has 770 valence electrons. The van der Waals surface area contributed by atoms with E-state index in [1.54, 1.807) is 122 Å². The highest BCUT2D eigenvalue weighted by Crippen LogP contribution is 2.30. The van der Waals surface area contributed by atoms with E-state index in [1.807, 2.05) is 133 Å². The number of benzene rings is 7. The maximum atomic E-state index is 13.4. The highest BCUT2D eigenvalue weighted by atomic mass is 19.1. The average molecular weight is 2030 g/mol. The summed E-state index contributed by atoms with van der Waals surface area (Å²) in [5, 5.41) is 22.8. The zero-order valence-electron chi connectivity index (χ0n) is 83.1. The molecule has 10 amide bonds. The molecule has 0 saturated heterocycles. The lowest BCUT2D eigenvalue weighted by atomic mass is 10.1. The number of nitrogens with two attached hydrogens (primary N) is 1. The third-order valence-corrected chi connectivity index (χ3v) is 24.1. The first kappa shape index (κ1) is 107. The lowest BCUT2D eigenvalue weighted by molar-refractivity contribution is 0.0649. The minimum Gasteiger partial charge on any atom is -0.494 e. The van der Waals surface area contributed by atoms with Crippen molar-refractivity contribution in [1.82, 2.24) is 85.6 Å². The van der Waals surface area contributed by atoms with Crippen molar-refractivity contribution in [2.75, 3.05) is 73.7 Å². The van der Waals surface area contributed by atoms with Crippen LogP contribution in [0.4, 0.5) is 60.0 Å². The lowest BCUT2D eigenvalue weighted by Crippen LogP contribution is -2.31. The molecule has 10 N–H and O–H groups in total. The van der Waals surface area contributed by atoms with Crippen LogP contribution in [0.1, 0.15) is 136 Å². The van der Waals surface area contributed by atoms with Crippen LogP contribution in [-0.2, 0) is 104 Å². The van der Waals surface area contributed by atoms with Gasteiger partial charge in [-0.2, -0.15) is 0 Å². The molecule has 8 aromatic heterocycles. The molecule has 150 heavy (non-hydrogen) atoms. The van der Waals surface area contributed by atoms with E-state index in [2.05, 4.69) is 106 Å². The topological polar surface area (TPSA) is 362 Å². The number of hydrogen-bond acceptors (Lipinski definition) is 21. The van der Waals surface area contributed by atoms with Crippen LogP contribution in [0.5, 0.6) is 11.5 Å². The van der Waals surface area contributed by atoms with Crippen molar-refractivity contribution in [2.24, 2.45) is 5.73 Å². The van der Waals surface area contributed by atoms with Gasteiger partial charge < -0.3 is 36.5 Å². The molecular formula is C116H120F4N22O8. The number of anilines is 4. The normalized spacial score (nSPS) is 11.5. The Kier molecular flexibility index (Phi) is 40.6. The molecule has 7 aromatic carbocycles. The van der Waals surface area contributed by atoms with Crippen LogP contribution in [0.3, 0.4) is 0 Å². The fourth-order valence-electron chi connectivity index (χ4n) is 17.0. The van der Waals surface area contributed by atoms with Gasteiger partial charge in [0, 0.05) is 136 Å². The molecule has 0 bridgehead atoms. The number of ether oxygens (including phenoxy) is 2. The molecule has 34 heteroatoms. The van der Waals surface area contributed by atoms with E-state index >= 15 is 0 Å². The van der Waals surface area contributed by atoms with E-state index in [1.165, 1.54) is 53.4 Å². The number of hydrogen-bond donors (Lipinski definition) is 9. The molecule has 9 heterocycles. The SMILES string of the molecule is NCCCCOc1cc(CN(Cc2ccccn2)Cc2cccc(NC(=O)NCCc3ccc(F)cc3)n2)cc(CN(Cc2ccccn2)Cc2cccc(NC(=O)NCCc3ccc(F)cc3)n2)c1.O=C(NCCc1ccc(F)cc1)Nc1cccc(CN(Cc2cc(CN(Cc3ccccn3)Cc3cccc(NC(=O)NCCc4ccc(F)cc4)n3)cc(OCCCCN3C(=O)c4ccccc4C3=O)c2)Cc2ccccn2)n1. The van der Waals surface area contributed by atoms with Gasteiger partial charge in [0.05, 0.1) is 69.9 Å². The van der Waals surface area contributed by atoms with Crippen molar-refractivity contribution in [3.8, 4) is 11.5 Å². The third-order valence-electron chi connectivity index (χ3n) is 24.1. The lowest BCUT2D eigenvalue weighted by Gasteiger charge is -2.25. The van der Waals surface area contributed by atoms with E-state index in [4.69, 9.17) is 35.1 Å². The molecule has 0 unspecified atom stereocenters. The van der Waals surface area contributed by atoms with Gasteiger partial charge in [0.1, 0.15) is 58.0 Å². The smallest absolute Gasteiger partial charge is 0.320 e. The number of nitrogens with one attached hydrogen (secondary N) is 8. The molecule has 0 atom stereocenters. The van der Waals surface area contributed by atoms with Crippen molar-refractivity contribution in [3.05, 3.63) is 453 Å². The number of halogens is 4. The van der Waals surface area contributed by atoms with Crippen molar-refractivity contribution in [3.63, 3.8) is 0 Å². The van der Waals surface area contributed by atoms with Crippen LogP contribution in [0.2, 0.25) is 0 Å². The first-order valence-electron chi connectivity index (χ1n) is 49.9. The fraction of sp³-hybridized carbons (Fsp3) is 0.241. The van der Waals surface area contributed by atoms with E-state index in [-0.39, 0.29) is 53.7 Å². The molecule has 0 saturated carbocycles. The van der Waals surface area contributed by atoms with Gasteiger partial charge in [0.25, 0.3) is 11.8 Å². The fourth-order valence-corrected chi connectivity index (χ4v) is 17.0. The molecule has 0 aliphatic carbocycles. The molecule has 30 nitrogen and oxygen atoms in total. The average Bonchev–Trinajstić information content (AvgIpc) is 1.63. The predicted octanol–water partition coefficient (Wildman–Crippen LogP) is 18.9. The summed E-state index contributed by atoms with van der Waals surface area (Å²) in [4.78, 5) is 126. The van der Waals surface area contributed by atoms with Crippen LogP contribution >= 0.6 is 0 Å². The number of fused-ring (bicyclic) bond motifs is 1.